The first-order valence-electron chi connectivity index (χ1n) is 6.26. The van der Waals surface area contributed by atoms with Crippen molar-refractivity contribution in [2.75, 3.05) is 6.61 Å². The molecule has 0 aliphatic carbocycles. The highest BCUT2D eigenvalue weighted by Gasteiger charge is 2.23. The molecule has 1 aromatic heterocycles. The minimum absolute atomic E-state index is 0.0454. The lowest BCUT2D eigenvalue weighted by molar-refractivity contribution is 0.0992. The van der Waals surface area contributed by atoms with Gasteiger partial charge in [-0.15, -0.1) is 0 Å². The van der Waals surface area contributed by atoms with Crippen LogP contribution in [0.15, 0.2) is 17.2 Å². The van der Waals surface area contributed by atoms with E-state index in [0.29, 0.717) is 6.42 Å². The Kier molecular flexibility index (Phi) is 5.32. The molecular weight excluding hydrogens is 282 g/mol. The number of amides is 1. The molecule has 0 radical (unpaired) electrons. The van der Waals surface area contributed by atoms with Crippen molar-refractivity contribution in [1.29, 1.82) is 0 Å². The first-order valence-corrected chi connectivity index (χ1v) is 7.75. The van der Waals surface area contributed by atoms with Crippen LogP contribution in [0.1, 0.15) is 30.8 Å². The Morgan fingerprint density at radius 3 is 2.50 bits per heavy atom. The second-order valence-corrected chi connectivity index (χ2v) is 6.88. The number of carbonyl (C=O) groups is 1. The number of hydrogen-bond donors (Lipinski definition) is 3. The van der Waals surface area contributed by atoms with Gasteiger partial charge in [-0.3, -0.25) is 4.79 Å². The molecular formula is C12H21N3O4S. The lowest BCUT2D eigenvalue weighted by Crippen LogP contribution is -2.38. The summed E-state index contributed by atoms with van der Waals surface area (Å²) in [5, 5.41) is 9.23. The van der Waals surface area contributed by atoms with E-state index < -0.39 is 22.0 Å². The number of aryl methyl sites for hydroxylation is 1. The van der Waals surface area contributed by atoms with Crippen molar-refractivity contribution in [2.24, 2.45) is 18.7 Å². The number of nitrogens with one attached hydrogen (secondary N) is 1. The number of nitrogens with zero attached hydrogens (tertiary/aromatic N) is 1. The van der Waals surface area contributed by atoms with Crippen molar-refractivity contribution < 1.29 is 18.3 Å². The van der Waals surface area contributed by atoms with Crippen molar-refractivity contribution in [3.63, 3.8) is 0 Å². The van der Waals surface area contributed by atoms with Crippen LogP contribution >= 0.6 is 0 Å². The van der Waals surface area contributed by atoms with E-state index in [-0.39, 0.29) is 23.1 Å². The number of sulfonamides is 1. The van der Waals surface area contributed by atoms with Gasteiger partial charge in [0.15, 0.2) is 0 Å². The van der Waals surface area contributed by atoms with Gasteiger partial charge in [-0.1, -0.05) is 13.8 Å². The predicted molar refractivity (Wildman–Crippen MR) is 74.6 cm³/mol. The highest BCUT2D eigenvalue weighted by molar-refractivity contribution is 7.89. The molecule has 8 heteroatoms. The SMILES string of the molecule is CC(C)CC(CO)NS(=O)(=O)c1cc(C(N)=O)n(C)c1. The summed E-state index contributed by atoms with van der Waals surface area (Å²) in [5.41, 5.74) is 5.26. The fourth-order valence-electron chi connectivity index (χ4n) is 1.94. The second kappa shape index (κ2) is 6.38. The topological polar surface area (TPSA) is 114 Å². The average molecular weight is 303 g/mol. The predicted octanol–water partition coefficient (Wildman–Crippen LogP) is -0.191. The molecule has 0 aromatic carbocycles. The van der Waals surface area contributed by atoms with E-state index in [9.17, 15) is 18.3 Å². The molecule has 4 N–H and O–H groups in total. The zero-order chi connectivity index (χ0) is 15.5. The maximum atomic E-state index is 12.2. The van der Waals surface area contributed by atoms with E-state index in [1.807, 2.05) is 13.8 Å². The number of aliphatic hydroxyl groups is 1. The van der Waals surface area contributed by atoms with E-state index in [4.69, 9.17) is 5.73 Å². The molecule has 0 saturated carbocycles. The summed E-state index contributed by atoms with van der Waals surface area (Å²) in [6, 6.07) is 0.659. The largest absolute Gasteiger partial charge is 0.395 e. The molecule has 0 spiro atoms. The molecule has 0 aliphatic heterocycles. The third-order valence-corrected chi connectivity index (χ3v) is 4.33. The normalized spacial score (nSPS) is 13.7. The van der Waals surface area contributed by atoms with E-state index >= 15 is 0 Å². The van der Waals surface area contributed by atoms with E-state index in [1.165, 1.54) is 23.9 Å². The number of aliphatic hydroxyl groups excluding tert-OH is 1. The molecule has 0 fully saturated rings. The molecule has 7 nitrogen and oxygen atoms in total. The lowest BCUT2D eigenvalue weighted by Gasteiger charge is -2.17. The number of primary amides is 1. The van der Waals surface area contributed by atoms with Crippen molar-refractivity contribution in [2.45, 2.75) is 31.2 Å². The van der Waals surface area contributed by atoms with Crippen LogP contribution < -0.4 is 10.5 Å². The Balaban J connectivity index is 2.99. The van der Waals surface area contributed by atoms with Gasteiger partial charge in [0.05, 0.1) is 6.61 Å². The fraction of sp³-hybridized carbons (Fsp3) is 0.583. The van der Waals surface area contributed by atoms with Crippen LogP contribution in [0.5, 0.6) is 0 Å². The Morgan fingerprint density at radius 1 is 1.50 bits per heavy atom. The van der Waals surface area contributed by atoms with Gasteiger partial charge in [0, 0.05) is 19.3 Å². The van der Waals surface area contributed by atoms with E-state index in [2.05, 4.69) is 4.72 Å². The van der Waals surface area contributed by atoms with Gasteiger partial charge in [0.1, 0.15) is 10.6 Å². The first-order chi connectivity index (χ1) is 9.17. The number of rotatable bonds is 7. The van der Waals surface area contributed by atoms with Crippen LogP contribution in [-0.4, -0.2) is 36.6 Å². The minimum atomic E-state index is -3.79. The number of hydrogen-bond acceptors (Lipinski definition) is 4. The lowest BCUT2D eigenvalue weighted by atomic mass is 10.1. The van der Waals surface area contributed by atoms with Crippen LogP contribution in [0, 0.1) is 5.92 Å². The number of carbonyl (C=O) groups excluding carboxylic acids is 1. The third-order valence-electron chi connectivity index (χ3n) is 2.84. The molecule has 20 heavy (non-hydrogen) atoms. The zero-order valence-electron chi connectivity index (χ0n) is 11.8. The summed E-state index contributed by atoms with van der Waals surface area (Å²) in [5.74, 6) is -0.457. The Bertz CT molecular complexity index is 578. The summed E-state index contributed by atoms with van der Waals surface area (Å²) < 4.78 is 28.1. The van der Waals surface area contributed by atoms with Gasteiger partial charge in [-0.05, 0) is 18.4 Å². The molecule has 1 heterocycles. The monoisotopic (exact) mass is 303 g/mol. The molecule has 1 rings (SSSR count). The van der Waals surface area contributed by atoms with Crippen LogP contribution in [0.25, 0.3) is 0 Å². The molecule has 0 saturated heterocycles. The number of nitrogens with two attached hydrogens (primary N) is 1. The van der Waals surface area contributed by atoms with E-state index in [1.54, 1.807) is 0 Å². The highest BCUT2D eigenvalue weighted by atomic mass is 32.2. The van der Waals surface area contributed by atoms with Gasteiger partial charge in [0.25, 0.3) is 5.91 Å². The molecule has 1 aromatic rings. The third kappa shape index (κ3) is 4.06. The Hall–Kier alpha value is -1.38. The maximum Gasteiger partial charge on any atom is 0.265 e. The molecule has 114 valence electrons. The average Bonchev–Trinajstić information content (AvgIpc) is 2.70. The van der Waals surface area contributed by atoms with Gasteiger partial charge >= 0.3 is 0 Å². The summed E-state index contributed by atoms with van der Waals surface area (Å²) in [6.07, 6.45) is 1.83. The smallest absolute Gasteiger partial charge is 0.265 e. The van der Waals surface area contributed by atoms with E-state index in [0.717, 1.165) is 0 Å². The van der Waals surface area contributed by atoms with Crippen molar-refractivity contribution >= 4 is 15.9 Å². The van der Waals surface area contributed by atoms with Crippen LogP contribution in [0.2, 0.25) is 0 Å². The van der Waals surface area contributed by atoms with Crippen LogP contribution in [0.3, 0.4) is 0 Å². The number of aromatic nitrogens is 1. The Labute approximate surface area is 118 Å². The summed E-state index contributed by atoms with van der Waals surface area (Å²) in [4.78, 5) is 11.1. The second-order valence-electron chi connectivity index (χ2n) is 5.17. The van der Waals surface area contributed by atoms with Crippen molar-refractivity contribution in [1.82, 2.24) is 9.29 Å². The highest BCUT2D eigenvalue weighted by Crippen LogP contribution is 2.15. The minimum Gasteiger partial charge on any atom is -0.395 e. The summed E-state index contributed by atoms with van der Waals surface area (Å²) >= 11 is 0. The molecule has 0 bridgehead atoms. The Morgan fingerprint density at radius 2 is 2.10 bits per heavy atom. The fourth-order valence-corrected chi connectivity index (χ4v) is 3.25. The van der Waals surface area contributed by atoms with Crippen molar-refractivity contribution in [3.05, 3.63) is 18.0 Å². The molecule has 0 aliphatic rings. The quantitative estimate of drug-likeness (QED) is 0.647. The van der Waals surface area contributed by atoms with Crippen LogP contribution in [-0.2, 0) is 17.1 Å². The van der Waals surface area contributed by atoms with Gasteiger partial charge in [-0.25, -0.2) is 13.1 Å². The molecule has 1 atom stereocenters. The first kappa shape index (κ1) is 16.7. The maximum absolute atomic E-state index is 12.2. The summed E-state index contributed by atoms with van der Waals surface area (Å²) in [7, 11) is -2.25. The van der Waals surface area contributed by atoms with Gasteiger partial charge in [0.2, 0.25) is 10.0 Å². The van der Waals surface area contributed by atoms with Gasteiger partial charge < -0.3 is 15.4 Å². The van der Waals surface area contributed by atoms with Crippen molar-refractivity contribution in [3.8, 4) is 0 Å². The van der Waals surface area contributed by atoms with Gasteiger partial charge in [-0.2, -0.15) is 0 Å². The zero-order valence-corrected chi connectivity index (χ0v) is 12.6. The molecule has 1 unspecified atom stereocenters. The summed E-state index contributed by atoms with van der Waals surface area (Å²) in [6.45, 7) is 3.59. The van der Waals surface area contributed by atoms with Crippen LogP contribution in [0.4, 0.5) is 0 Å². The standard InChI is InChI=1S/C12H21N3O4S/c1-8(2)4-9(7-16)14-20(18,19)10-5-11(12(13)17)15(3)6-10/h5-6,8-9,14,16H,4,7H2,1-3H3,(H2,13,17). The molecule has 1 amide bonds.